The highest BCUT2D eigenvalue weighted by Gasteiger charge is 2.39. The molecule has 4 heteroatoms. The molecule has 1 aliphatic rings. The van der Waals surface area contributed by atoms with Crippen LogP contribution in [0.5, 0.6) is 5.75 Å². The molecule has 0 spiro atoms. The number of rotatable bonds is 4. The fraction of sp³-hybridized carbons (Fsp3) is 0.600. The van der Waals surface area contributed by atoms with Crippen LogP contribution in [0.25, 0.3) is 0 Å². The van der Waals surface area contributed by atoms with E-state index >= 15 is 0 Å². The van der Waals surface area contributed by atoms with Crippen molar-refractivity contribution in [2.24, 2.45) is 5.92 Å². The van der Waals surface area contributed by atoms with Gasteiger partial charge in [-0.1, -0.05) is 22.0 Å². The number of benzene rings is 1. The molecule has 3 atom stereocenters. The number of aliphatic hydroxyl groups is 2. The van der Waals surface area contributed by atoms with Crippen molar-refractivity contribution in [3.05, 3.63) is 28.7 Å². The molecule has 1 saturated carbocycles. The first-order chi connectivity index (χ1) is 8.88. The standard InChI is InChI=1S/C12H15BrO2.C3H8O/c1-8(14)5-9-6-12(9)15-11-4-2-3-10(13)7-11;1-3(2)4/h2-4,7-9,12,14H,5-6H2,1H3;3-4H,1-2H3. The molecule has 0 bridgehead atoms. The van der Waals surface area contributed by atoms with Crippen molar-refractivity contribution in [1.82, 2.24) is 0 Å². The van der Waals surface area contributed by atoms with E-state index in [4.69, 9.17) is 9.84 Å². The number of halogens is 1. The van der Waals surface area contributed by atoms with Gasteiger partial charge in [-0.3, -0.25) is 0 Å². The highest BCUT2D eigenvalue weighted by Crippen LogP contribution is 2.38. The van der Waals surface area contributed by atoms with Crippen LogP contribution in [0.3, 0.4) is 0 Å². The second-order valence-electron chi connectivity index (χ2n) is 5.29. The van der Waals surface area contributed by atoms with Crippen LogP contribution in [0.4, 0.5) is 0 Å². The summed E-state index contributed by atoms with van der Waals surface area (Å²) in [4.78, 5) is 0. The third-order valence-electron chi connectivity index (χ3n) is 2.59. The Morgan fingerprint density at radius 3 is 2.47 bits per heavy atom. The van der Waals surface area contributed by atoms with E-state index in [1.165, 1.54) is 0 Å². The minimum atomic E-state index is -0.217. The quantitative estimate of drug-likeness (QED) is 0.889. The van der Waals surface area contributed by atoms with Crippen LogP contribution >= 0.6 is 15.9 Å². The smallest absolute Gasteiger partial charge is 0.120 e. The van der Waals surface area contributed by atoms with E-state index in [1.54, 1.807) is 13.8 Å². The maximum Gasteiger partial charge on any atom is 0.120 e. The topological polar surface area (TPSA) is 49.7 Å². The number of hydrogen-bond acceptors (Lipinski definition) is 3. The molecule has 2 rings (SSSR count). The van der Waals surface area contributed by atoms with E-state index in [-0.39, 0.29) is 12.2 Å². The monoisotopic (exact) mass is 330 g/mol. The van der Waals surface area contributed by atoms with Crippen LogP contribution in [-0.4, -0.2) is 28.5 Å². The maximum absolute atomic E-state index is 9.23. The predicted molar refractivity (Wildman–Crippen MR) is 80.3 cm³/mol. The lowest BCUT2D eigenvalue weighted by molar-refractivity contribution is 0.166. The highest BCUT2D eigenvalue weighted by molar-refractivity contribution is 9.10. The van der Waals surface area contributed by atoms with Crippen molar-refractivity contribution < 1.29 is 14.9 Å². The van der Waals surface area contributed by atoms with Crippen molar-refractivity contribution in [2.45, 2.75) is 51.9 Å². The van der Waals surface area contributed by atoms with E-state index in [2.05, 4.69) is 15.9 Å². The second-order valence-corrected chi connectivity index (χ2v) is 6.20. The van der Waals surface area contributed by atoms with E-state index in [0.717, 1.165) is 23.1 Å². The molecule has 1 fully saturated rings. The van der Waals surface area contributed by atoms with Gasteiger partial charge < -0.3 is 14.9 Å². The molecule has 1 aromatic rings. The third kappa shape index (κ3) is 7.55. The lowest BCUT2D eigenvalue weighted by Crippen LogP contribution is -2.06. The Balaban J connectivity index is 0.000000399. The minimum absolute atomic E-state index is 0.167. The average Bonchev–Trinajstić information content (AvgIpc) is 2.94. The van der Waals surface area contributed by atoms with E-state index in [9.17, 15) is 5.11 Å². The molecule has 0 amide bonds. The summed E-state index contributed by atoms with van der Waals surface area (Å²) in [7, 11) is 0. The molecule has 0 heterocycles. The molecule has 3 unspecified atom stereocenters. The highest BCUT2D eigenvalue weighted by atomic mass is 79.9. The van der Waals surface area contributed by atoms with Crippen molar-refractivity contribution in [3.63, 3.8) is 0 Å². The zero-order chi connectivity index (χ0) is 14.4. The first-order valence-corrected chi connectivity index (χ1v) is 7.46. The largest absolute Gasteiger partial charge is 0.490 e. The van der Waals surface area contributed by atoms with Gasteiger partial charge in [0.15, 0.2) is 0 Å². The Hall–Kier alpha value is -0.580. The Bertz CT molecular complexity index is 377. The summed E-state index contributed by atoms with van der Waals surface area (Å²) < 4.78 is 6.81. The fourth-order valence-electron chi connectivity index (χ4n) is 1.77. The van der Waals surface area contributed by atoms with Gasteiger partial charge in [0.2, 0.25) is 0 Å². The maximum atomic E-state index is 9.23. The molecule has 0 aromatic heterocycles. The van der Waals surface area contributed by atoms with E-state index in [1.807, 2.05) is 31.2 Å². The van der Waals surface area contributed by atoms with Crippen LogP contribution in [-0.2, 0) is 0 Å². The Morgan fingerprint density at radius 2 is 1.95 bits per heavy atom. The molecule has 108 valence electrons. The molecule has 0 aliphatic heterocycles. The Labute approximate surface area is 123 Å². The molecular weight excluding hydrogens is 308 g/mol. The zero-order valence-corrected chi connectivity index (χ0v) is 13.3. The summed E-state index contributed by atoms with van der Waals surface area (Å²) in [5.74, 6) is 1.44. The number of hydrogen-bond donors (Lipinski definition) is 2. The molecule has 19 heavy (non-hydrogen) atoms. The molecule has 0 saturated heterocycles. The summed E-state index contributed by atoms with van der Waals surface area (Å²) in [6, 6.07) is 7.87. The second kappa shape index (κ2) is 7.88. The number of ether oxygens (including phenoxy) is 1. The van der Waals surface area contributed by atoms with Crippen molar-refractivity contribution in [3.8, 4) is 5.75 Å². The summed E-state index contributed by atoms with van der Waals surface area (Å²) >= 11 is 3.41. The van der Waals surface area contributed by atoms with Crippen LogP contribution in [0.2, 0.25) is 0 Å². The van der Waals surface area contributed by atoms with Crippen LogP contribution < -0.4 is 4.74 Å². The SMILES string of the molecule is CC(C)O.CC(O)CC1CC1Oc1cccc(Br)c1. The lowest BCUT2D eigenvalue weighted by atomic mass is 10.2. The summed E-state index contributed by atoms with van der Waals surface area (Å²) in [6.07, 6.45) is 1.83. The van der Waals surface area contributed by atoms with E-state index in [0.29, 0.717) is 12.0 Å². The van der Waals surface area contributed by atoms with Gasteiger partial charge in [0.25, 0.3) is 0 Å². The Kier molecular flexibility index (Phi) is 6.83. The Morgan fingerprint density at radius 1 is 1.32 bits per heavy atom. The van der Waals surface area contributed by atoms with Gasteiger partial charge in [-0.2, -0.15) is 0 Å². The lowest BCUT2D eigenvalue weighted by Gasteiger charge is -2.06. The van der Waals surface area contributed by atoms with Gasteiger partial charge in [0.05, 0.1) is 6.10 Å². The van der Waals surface area contributed by atoms with Crippen LogP contribution in [0, 0.1) is 5.92 Å². The van der Waals surface area contributed by atoms with Gasteiger partial charge in [-0.05, 0) is 51.8 Å². The minimum Gasteiger partial charge on any atom is -0.490 e. The predicted octanol–water partition coefficient (Wildman–Crippen LogP) is 3.37. The van der Waals surface area contributed by atoms with Gasteiger partial charge in [0.1, 0.15) is 11.9 Å². The first kappa shape index (κ1) is 16.5. The van der Waals surface area contributed by atoms with Crippen LogP contribution in [0.1, 0.15) is 33.6 Å². The average molecular weight is 331 g/mol. The molecular formula is C15H23BrO3. The molecule has 3 nitrogen and oxygen atoms in total. The summed E-state index contributed by atoms with van der Waals surface area (Å²) in [5, 5.41) is 17.3. The van der Waals surface area contributed by atoms with Gasteiger partial charge in [-0.25, -0.2) is 0 Å². The normalized spacial score (nSPS) is 22.5. The van der Waals surface area contributed by atoms with Crippen molar-refractivity contribution in [1.29, 1.82) is 0 Å². The molecule has 2 N–H and O–H groups in total. The van der Waals surface area contributed by atoms with Gasteiger partial charge in [0, 0.05) is 16.5 Å². The van der Waals surface area contributed by atoms with Crippen LogP contribution in [0.15, 0.2) is 28.7 Å². The number of aliphatic hydroxyl groups excluding tert-OH is 2. The zero-order valence-electron chi connectivity index (χ0n) is 11.7. The van der Waals surface area contributed by atoms with Crippen molar-refractivity contribution in [2.75, 3.05) is 0 Å². The van der Waals surface area contributed by atoms with Gasteiger partial charge in [-0.15, -0.1) is 0 Å². The molecule has 1 aliphatic carbocycles. The summed E-state index contributed by atoms with van der Waals surface area (Å²) in [6.45, 7) is 5.27. The van der Waals surface area contributed by atoms with E-state index < -0.39 is 0 Å². The molecule has 1 aromatic carbocycles. The first-order valence-electron chi connectivity index (χ1n) is 6.66. The fourth-order valence-corrected chi connectivity index (χ4v) is 2.14. The summed E-state index contributed by atoms with van der Waals surface area (Å²) in [5.41, 5.74) is 0. The van der Waals surface area contributed by atoms with Crippen molar-refractivity contribution >= 4 is 15.9 Å². The van der Waals surface area contributed by atoms with Gasteiger partial charge >= 0.3 is 0 Å². The third-order valence-corrected chi connectivity index (χ3v) is 3.08. The molecule has 0 radical (unpaired) electrons.